The number of hydrogen-bond donors (Lipinski definition) is 2. The Balaban J connectivity index is 1.47. The number of pyridine rings is 1. The Hall–Kier alpha value is -3.00. The second kappa shape index (κ2) is 8.41. The van der Waals surface area contributed by atoms with Crippen LogP contribution in [-0.4, -0.2) is 50.9 Å². The highest BCUT2D eigenvalue weighted by Crippen LogP contribution is 2.44. The molecule has 0 spiro atoms. The molecule has 3 aromatic heterocycles. The lowest BCUT2D eigenvalue weighted by Gasteiger charge is -2.31. The number of fused-ring (bicyclic) bond motifs is 3. The molecule has 174 valence electrons. The Bertz CT molecular complexity index is 1140. The summed E-state index contributed by atoms with van der Waals surface area (Å²) in [6, 6.07) is 4.11. The van der Waals surface area contributed by atoms with Crippen molar-refractivity contribution < 1.29 is 0 Å². The third kappa shape index (κ3) is 3.97. The van der Waals surface area contributed by atoms with E-state index >= 15 is 0 Å². The van der Waals surface area contributed by atoms with Gasteiger partial charge in [0, 0.05) is 55.7 Å². The summed E-state index contributed by atoms with van der Waals surface area (Å²) in [6.07, 6.45) is 4.84. The molecular formula is C25H34N8. The summed E-state index contributed by atoms with van der Waals surface area (Å²) in [4.78, 5) is 16.6. The van der Waals surface area contributed by atoms with Gasteiger partial charge in [0.25, 0.3) is 0 Å². The quantitative estimate of drug-likeness (QED) is 0.616. The van der Waals surface area contributed by atoms with Gasteiger partial charge in [-0.2, -0.15) is 5.10 Å². The number of nitrogens with one attached hydrogen (secondary N) is 2. The summed E-state index contributed by atoms with van der Waals surface area (Å²) in [5.74, 6) is 1.71. The van der Waals surface area contributed by atoms with Crippen LogP contribution in [-0.2, 0) is 18.4 Å². The maximum Gasteiger partial charge on any atom is 0.228 e. The normalized spacial score (nSPS) is 17.1. The lowest BCUT2D eigenvalue weighted by molar-refractivity contribution is 0.507. The van der Waals surface area contributed by atoms with Crippen molar-refractivity contribution in [1.29, 1.82) is 0 Å². The van der Waals surface area contributed by atoms with E-state index in [9.17, 15) is 0 Å². The lowest BCUT2D eigenvalue weighted by Crippen LogP contribution is -2.43. The van der Waals surface area contributed by atoms with E-state index in [0.29, 0.717) is 11.9 Å². The molecule has 0 amide bonds. The molecule has 1 fully saturated rings. The second-order valence-electron chi connectivity index (χ2n) is 9.96. The highest BCUT2D eigenvalue weighted by molar-refractivity contribution is 5.70. The van der Waals surface area contributed by atoms with Gasteiger partial charge in [0.05, 0.1) is 11.9 Å². The van der Waals surface area contributed by atoms with Gasteiger partial charge in [0.15, 0.2) is 0 Å². The van der Waals surface area contributed by atoms with E-state index < -0.39 is 0 Å². The molecular weight excluding hydrogens is 412 g/mol. The maximum absolute atomic E-state index is 4.98. The molecule has 1 aliphatic carbocycles. The Morgan fingerprint density at radius 1 is 1.09 bits per heavy atom. The average Bonchev–Trinajstić information content (AvgIpc) is 3.18. The number of aromatic nitrogens is 5. The Kier molecular flexibility index (Phi) is 5.56. The molecule has 4 heterocycles. The van der Waals surface area contributed by atoms with Crippen LogP contribution in [0, 0.1) is 0 Å². The smallest absolute Gasteiger partial charge is 0.228 e. The van der Waals surface area contributed by atoms with Crippen LogP contribution in [0.3, 0.4) is 0 Å². The standard InChI is InChI=1S/C25H34N8/c1-6-33-23(16(2)3)18-13-25(4,5)19-15-28-24(30-22(19)21(18)31-33)29-20-8-7-17(14-27-20)32-11-9-26-10-12-32/h7-8,14-16,26H,6,9-13H2,1-5H3,(H,27,28,29,30). The topological polar surface area (TPSA) is 83.8 Å². The van der Waals surface area contributed by atoms with E-state index in [4.69, 9.17) is 10.1 Å². The molecule has 0 radical (unpaired) electrons. The van der Waals surface area contributed by atoms with Gasteiger partial charge in [-0.1, -0.05) is 27.7 Å². The van der Waals surface area contributed by atoms with Crippen LogP contribution in [0.1, 0.15) is 57.4 Å². The molecule has 2 aliphatic rings. The maximum atomic E-state index is 4.98. The Morgan fingerprint density at radius 2 is 1.88 bits per heavy atom. The molecule has 5 rings (SSSR count). The molecule has 0 bridgehead atoms. The van der Waals surface area contributed by atoms with Gasteiger partial charge in [-0.05, 0) is 36.8 Å². The zero-order chi connectivity index (χ0) is 23.2. The van der Waals surface area contributed by atoms with Gasteiger partial charge >= 0.3 is 0 Å². The van der Waals surface area contributed by atoms with E-state index in [1.54, 1.807) is 0 Å². The van der Waals surface area contributed by atoms with Gasteiger partial charge in [0.2, 0.25) is 5.95 Å². The van der Waals surface area contributed by atoms with Crippen molar-refractivity contribution in [2.24, 2.45) is 0 Å². The van der Waals surface area contributed by atoms with Crippen molar-refractivity contribution in [1.82, 2.24) is 30.0 Å². The minimum absolute atomic E-state index is 0.0463. The van der Waals surface area contributed by atoms with Crippen LogP contribution < -0.4 is 15.5 Å². The number of hydrogen-bond acceptors (Lipinski definition) is 7. The van der Waals surface area contributed by atoms with E-state index in [2.05, 4.69) is 70.9 Å². The highest BCUT2D eigenvalue weighted by Gasteiger charge is 2.37. The van der Waals surface area contributed by atoms with Gasteiger partial charge in [0.1, 0.15) is 17.2 Å². The summed E-state index contributed by atoms with van der Waals surface area (Å²) in [7, 11) is 0. The van der Waals surface area contributed by atoms with Crippen molar-refractivity contribution in [2.75, 3.05) is 36.4 Å². The Labute approximate surface area is 195 Å². The lowest BCUT2D eigenvalue weighted by atomic mass is 9.73. The largest absolute Gasteiger partial charge is 0.368 e. The number of aryl methyl sites for hydroxylation is 1. The molecule has 2 N–H and O–H groups in total. The molecule has 1 aliphatic heterocycles. The van der Waals surface area contributed by atoms with Crippen molar-refractivity contribution in [2.45, 2.75) is 58.9 Å². The number of rotatable bonds is 5. The van der Waals surface area contributed by atoms with Crippen LogP contribution in [0.4, 0.5) is 17.5 Å². The van der Waals surface area contributed by atoms with Crippen LogP contribution >= 0.6 is 0 Å². The van der Waals surface area contributed by atoms with E-state index in [1.807, 2.05) is 18.5 Å². The zero-order valence-corrected chi connectivity index (χ0v) is 20.3. The number of anilines is 3. The van der Waals surface area contributed by atoms with Gasteiger partial charge in [-0.3, -0.25) is 4.68 Å². The van der Waals surface area contributed by atoms with Crippen LogP contribution in [0.5, 0.6) is 0 Å². The molecule has 33 heavy (non-hydrogen) atoms. The van der Waals surface area contributed by atoms with Crippen LogP contribution in [0.25, 0.3) is 11.4 Å². The summed E-state index contributed by atoms with van der Waals surface area (Å²) >= 11 is 0. The predicted octanol–water partition coefficient (Wildman–Crippen LogP) is 3.87. The van der Waals surface area contributed by atoms with Crippen molar-refractivity contribution in [3.8, 4) is 11.4 Å². The fourth-order valence-corrected chi connectivity index (χ4v) is 5.10. The first kappa shape index (κ1) is 21.8. The minimum atomic E-state index is -0.0463. The minimum Gasteiger partial charge on any atom is -0.368 e. The van der Waals surface area contributed by atoms with Gasteiger partial charge in [-0.25, -0.2) is 15.0 Å². The molecule has 8 nitrogen and oxygen atoms in total. The van der Waals surface area contributed by atoms with Gasteiger partial charge in [-0.15, -0.1) is 0 Å². The summed E-state index contributed by atoms with van der Waals surface area (Å²) in [5.41, 5.74) is 6.84. The molecule has 0 saturated carbocycles. The highest BCUT2D eigenvalue weighted by atomic mass is 15.3. The monoisotopic (exact) mass is 446 g/mol. The fraction of sp³-hybridized carbons (Fsp3) is 0.520. The van der Waals surface area contributed by atoms with Crippen molar-refractivity contribution in [3.05, 3.63) is 41.3 Å². The SMILES string of the molecule is CCn1nc2c(c1C(C)C)CC(C)(C)c1cnc(Nc3ccc(N4CCNCC4)cn3)nc1-2. The first-order valence-electron chi connectivity index (χ1n) is 12.0. The van der Waals surface area contributed by atoms with E-state index in [1.165, 1.54) is 11.3 Å². The molecule has 0 atom stereocenters. The van der Waals surface area contributed by atoms with Crippen molar-refractivity contribution >= 4 is 17.5 Å². The van der Waals surface area contributed by atoms with Gasteiger partial charge < -0.3 is 15.5 Å². The van der Waals surface area contributed by atoms with Crippen molar-refractivity contribution in [3.63, 3.8) is 0 Å². The second-order valence-corrected chi connectivity index (χ2v) is 9.96. The molecule has 3 aromatic rings. The third-order valence-corrected chi connectivity index (χ3v) is 6.77. The molecule has 0 aromatic carbocycles. The van der Waals surface area contributed by atoms with Crippen LogP contribution in [0.15, 0.2) is 24.5 Å². The van der Waals surface area contributed by atoms with E-state index in [0.717, 1.165) is 67.6 Å². The number of piperazine rings is 1. The predicted molar refractivity (Wildman–Crippen MR) is 132 cm³/mol. The summed E-state index contributed by atoms with van der Waals surface area (Å²) < 4.78 is 2.14. The summed E-state index contributed by atoms with van der Waals surface area (Å²) in [5, 5.41) is 11.7. The third-order valence-electron chi connectivity index (χ3n) is 6.77. The van der Waals surface area contributed by atoms with Crippen LogP contribution in [0.2, 0.25) is 0 Å². The zero-order valence-electron chi connectivity index (χ0n) is 20.3. The molecule has 1 saturated heterocycles. The first-order valence-corrected chi connectivity index (χ1v) is 12.0. The first-order chi connectivity index (χ1) is 15.9. The fourth-order valence-electron chi connectivity index (χ4n) is 5.10. The average molecular weight is 447 g/mol. The summed E-state index contributed by atoms with van der Waals surface area (Å²) in [6.45, 7) is 16.1. The molecule has 0 unspecified atom stereocenters. The van der Waals surface area contributed by atoms with E-state index in [-0.39, 0.29) is 5.41 Å². The molecule has 8 heteroatoms. The Morgan fingerprint density at radius 3 is 2.55 bits per heavy atom. The number of nitrogens with zero attached hydrogens (tertiary/aromatic N) is 6.